The minimum atomic E-state index is -4.29. The van der Waals surface area contributed by atoms with Crippen LogP contribution in [0, 0.1) is 0 Å². The van der Waals surface area contributed by atoms with E-state index in [1.165, 1.54) is 18.9 Å². The highest BCUT2D eigenvalue weighted by molar-refractivity contribution is 5.22. The number of nitrogens with one attached hydrogen (secondary N) is 1. The van der Waals surface area contributed by atoms with Crippen LogP contribution in [0.1, 0.15) is 18.5 Å². The first-order valence-corrected chi connectivity index (χ1v) is 5.45. The minimum Gasteiger partial charge on any atom is -0.284 e. The van der Waals surface area contributed by atoms with E-state index in [1.807, 2.05) is 30.3 Å². The first-order valence-electron chi connectivity index (χ1n) is 5.45. The Balaban J connectivity index is 2.24. The number of alkyl halides is 3. The Hall–Kier alpha value is -1.07. The van der Waals surface area contributed by atoms with E-state index in [2.05, 4.69) is 5.32 Å². The van der Waals surface area contributed by atoms with Crippen molar-refractivity contribution in [2.75, 3.05) is 13.6 Å². The molecule has 0 spiro atoms. The van der Waals surface area contributed by atoms with Gasteiger partial charge < -0.3 is 0 Å². The molecule has 0 aliphatic carbocycles. The van der Waals surface area contributed by atoms with Crippen LogP contribution in [-0.2, 0) is 0 Å². The predicted octanol–water partition coefficient (Wildman–Crippen LogP) is 2.54. The van der Waals surface area contributed by atoms with Gasteiger partial charge in [0.2, 0.25) is 0 Å². The third kappa shape index (κ3) is 2.05. The van der Waals surface area contributed by atoms with E-state index in [-0.39, 0.29) is 6.04 Å². The van der Waals surface area contributed by atoms with Crippen molar-refractivity contribution in [2.24, 2.45) is 0 Å². The van der Waals surface area contributed by atoms with E-state index in [0.29, 0.717) is 6.54 Å². The number of likely N-dealkylation sites (N-methyl/N-ethyl adjacent to an activating group) is 1. The van der Waals surface area contributed by atoms with Gasteiger partial charge in [-0.3, -0.25) is 10.2 Å². The lowest BCUT2D eigenvalue weighted by atomic mass is 10.1. The molecule has 1 aliphatic heterocycles. The van der Waals surface area contributed by atoms with Gasteiger partial charge in [-0.2, -0.15) is 13.2 Å². The zero-order chi connectivity index (χ0) is 12.7. The molecular weight excluding hydrogens is 229 g/mol. The number of nitrogens with zero attached hydrogens (tertiary/aromatic N) is 1. The van der Waals surface area contributed by atoms with Crippen molar-refractivity contribution < 1.29 is 13.2 Å². The predicted molar refractivity (Wildman–Crippen MR) is 59.4 cm³/mol. The first kappa shape index (κ1) is 12.4. The van der Waals surface area contributed by atoms with Gasteiger partial charge >= 0.3 is 6.18 Å². The van der Waals surface area contributed by atoms with Gasteiger partial charge in [-0.05, 0) is 19.5 Å². The summed E-state index contributed by atoms with van der Waals surface area (Å²) in [6.07, 6.45) is -4.29. The molecule has 2 rings (SSSR count). The molecule has 94 valence electrons. The molecule has 1 N–H and O–H groups in total. The Morgan fingerprint density at radius 1 is 1.29 bits per heavy atom. The average molecular weight is 244 g/mol. The van der Waals surface area contributed by atoms with E-state index >= 15 is 0 Å². The van der Waals surface area contributed by atoms with Gasteiger partial charge in [0, 0.05) is 12.6 Å². The highest BCUT2D eigenvalue weighted by atomic mass is 19.4. The number of rotatable bonds is 1. The molecule has 0 radical (unpaired) electrons. The summed E-state index contributed by atoms with van der Waals surface area (Å²) in [7, 11) is 1.49. The summed E-state index contributed by atoms with van der Waals surface area (Å²) in [6, 6.07) is 8.92. The summed E-state index contributed by atoms with van der Waals surface area (Å²) in [5, 5.41) is 2.67. The Morgan fingerprint density at radius 2 is 1.88 bits per heavy atom. The topological polar surface area (TPSA) is 15.3 Å². The summed E-state index contributed by atoms with van der Waals surface area (Å²) in [6.45, 7) is 1.52. The third-order valence-corrected chi connectivity index (χ3v) is 3.43. The zero-order valence-corrected chi connectivity index (χ0v) is 9.75. The molecular formula is C12H15F3N2. The summed E-state index contributed by atoms with van der Waals surface area (Å²) in [5.74, 6) is 0. The lowest BCUT2D eigenvalue weighted by Gasteiger charge is -2.34. The highest BCUT2D eigenvalue weighted by Gasteiger charge is 2.58. The van der Waals surface area contributed by atoms with E-state index in [4.69, 9.17) is 0 Å². The van der Waals surface area contributed by atoms with Crippen molar-refractivity contribution in [3.8, 4) is 0 Å². The number of hydrogen-bond acceptors (Lipinski definition) is 2. The zero-order valence-electron chi connectivity index (χ0n) is 9.75. The SMILES string of the molecule is CN1C[C@@H](c2ccccc2)N[C@@]1(C)C(F)(F)F. The van der Waals surface area contributed by atoms with Crippen LogP contribution >= 0.6 is 0 Å². The van der Waals surface area contributed by atoms with Crippen LogP contribution in [0.15, 0.2) is 30.3 Å². The van der Waals surface area contributed by atoms with Crippen molar-refractivity contribution in [1.29, 1.82) is 0 Å². The maximum Gasteiger partial charge on any atom is 0.419 e. The lowest BCUT2D eigenvalue weighted by Crippen LogP contribution is -2.58. The fourth-order valence-electron chi connectivity index (χ4n) is 2.12. The molecule has 1 heterocycles. The molecule has 1 fully saturated rings. The quantitative estimate of drug-likeness (QED) is 0.816. The Bertz CT molecular complexity index is 390. The summed E-state index contributed by atoms with van der Waals surface area (Å²) >= 11 is 0. The molecule has 17 heavy (non-hydrogen) atoms. The standard InChI is InChI=1S/C12H15F3N2/c1-11(12(13,14)15)16-10(8-17(11)2)9-6-4-3-5-7-9/h3-7,10,16H,8H2,1-2H3/t10-,11+/m0/s1. The van der Waals surface area contributed by atoms with Crippen LogP contribution in [-0.4, -0.2) is 30.3 Å². The lowest BCUT2D eigenvalue weighted by molar-refractivity contribution is -0.221. The van der Waals surface area contributed by atoms with Crippen molar-refractivity contribution in [1.82, 2.24) is 10.2 Å². The number of benzene rings is 1. The van der Waals surface area contributed by atoms with E-state index < -0.39 is 11.8 Å². The molecule has 2 nitrogen and oxygen atoms in total. The highest BCUT2D eigenvalue weighted by Crippen LogP contribution is 2.39. The van der Waals surface area contributed by atoms with Crippen molar-refractivity contribution in [3.05, 3.63) is 35.9 Å². The van der Waals surface area contributed by atoms with Crippen LogP contribution < -0.4 is 5.32 Å². The van der Waals surface area contributed by atoms with Crippen LogP contribution in [0.25, 0.3) is 0 Å². The summed E-state index contributed by atoms with van der Waals surface area (Å²) in [5.41, 5.74) is -1.07. The van der Waals surface area contributed by atoms with Gasteiger partial charge in [0.05, 0.1) is 0 Å². The van der Waals surface area contributed by atoms with E-state index in [9.17, 15) is 13.2 Å². The van der Waals surface area contributed by atoms with Crippen LogP contribution in [0.2, 0.25) is 0 Å². The second kappa shape index (κ2) is 3.99. The average Bonchev–Trinajstić information content (AvgIpc) is 2.57. The smallest absolute Gasteiger partial charge is 0.284 e. The molecule has 2 atom stereocenters. The molecule has 5 heteroatoms. The van der Waals surface area contributed by atoms with Crippen LogP contribution in [0.5, 0.6) is 0 Å². The third-order valence-electron chi connectivity index (χ3n) is 3.43. The van der Waals surface area contributed by atoms with Gasteiger partial charge in [-0.1, -0.05) is 30.3 Å². The summed E-state index contributed by atoms with van der Waals surface area (Å²) in [4.78, 5) is 1.31. The normalized spacial score (nSPS) is 30.8. The molecule has 1 saturated heterocycles. The maximum absolute atomic E-state index is 13.0. The van der Waals surface area contributed by atoms with Gasteiger partial charge in [0.15, 0.2) is 5.66 Å². The fraction of sp³-hybridized carbons (Fsp3) is 0.500. The van der Waals surface area contributed by atoms with Gasteiger partial charge in [0.1, 0.15) is 0 Å². The molecule has 0 bridgehead atoms. The number of halogens is 3. The second-order valence-electron chi connectivity index (χ2n) is 4.56. The molecule has 0 unspecified atom stereocenters. The monoisotopic (exact) mass is 244 g/mol. The van der Waals surface area contributed by atoms with Gasteiger partial charge in [0.25, 0.3) is 0 Å². The summed E-state index contributed by atoms with van der Waals surface area (Å²) < 4.78 is 38.9. The Labute approximate surface area is 98.4 Å². The first-order chi connectivity index (χ1) is 7.84. The second-order valence-corrected chi connectivity index (χ2v) is 4.56. The Kier molecular flexibility index (Phi) is 2.91. The van der Waals surface area contributed by atoms with Crippen LogP contribution in [0.3, 0.4) is 0 Å². The number of hydrogen-bond donors (Lipinski definition) is 1. The molecule has 0 aromatic heterocycles. The van der Waals surface area contributed by atoms with Crippen molar-refractivity contribution >= 4 is 0 Å². The van der Waals surface area contributed by atoms with Crippen molar-refractivity contribution in [2.45, 2.75) is 24.8 Å². The largest absolute Gasteiger partial charge is 0.419 e. The van der Waals surface area contributed by atoms with Crippen molar-refractivity contribution in [3.63, 3.8) is 0 Å². The minimum absolute atomic E-state index is 0.284. The molecule has 0 saturated carbocycles. The molecule has 1 aliphatic rings. The molecule has 0 amide bonds. The van der Waals surface area contributed by atoms with Crippen LogP contribution in [0.4, 0.5) is 13.2 Å². The van der Waals surface area contributed by atoms with E-state index in [0.717, 1.165) is 5.56 Å². The maximum atomic E-state index is 13.0. The molecule has 1 aromatic rings. The van der Waals surface area contributed by atoms with Gasteiger partial charge in [-0.15, -0.1) is 0 Å². The fourth-order valence-corrected chi connectivity index (χ4v) is 2.12. The van der Waals surface area contributed by atoms with Gasteiger partial charge in [-0.25, -0.2) is 0 Å². The molecule has 1 aromatic carbocycles. The van der Waals surface area contributed by atoms with E-state index in [1.54, 1.807) is 0 Å². The Morgan fingerprint density at radius 3 is 2.35 bits per heavy atom.